The lowest BCUT2D eigenvalue weighted by Gasteiger charge is -2.21. The van der Waals surface area contributed by atoms with Crippen molar-refractivity contribution in [3.05, 3.63) is 29.3 Å². The molecule has 21 heavy (non-hydrogen) atoms. The number of aromatic carboxylic acids is 1. The summed E-state index contributed by atoms with van der Waals surface area (Å²) in [7, 11) is -0.966. The third-order valence-corrected chi connectivity index (χ3v) is 4.29. The monoisotopic (exact) mass is 310 g/mol. The van der Waals surface area contributed by atoms with Crippen LogP contribution in [0.1, 0.15) is 22.8 Å². The second-order valence-corrected chi connectivity index (χ2v) is 6.62. The summed E-state index contributed by atoms with van der Waals surface area (Å²) in [4.78, 5) is 24.8. The third-order valence-electron chi connectivity index (χ3n) is 3.32. The van der Waals surface area contributed by atoms with Crippen molar-refractivity contribution in [1.82, 2.24) is 5.32 Å². The number of benzene rings is 1. The molecule has 2 amide bonds. The Morgan fingerprint density at radius 3 is 2.81 bits per heavy atom. The Labute approximate surface area is 125 Å². The van der Waals surface area contributed by atoms with E-state index in [1.807, 2.05) is 6.92 Å². The minimum atomic E-state index is -0.972. The second kappa shape index (κ2) is 6.26. The van der Waals surface area contributed by atoms with Crippen molar-refractivity contribution in [3.63, 3.8) is 0 Å². The lowest BCUT2D eigenvalue weighted by atomic mass is 10.1. The minimum Gasteiger partial charge on any atom is -0.478 e. The number of fused-ring (bicyclic) bond motifs is 1. The maximum atomic E-state index is 12.2. The van der Waals surface area contributed by atoms with Crippen molar-refractivity contribution >= 4 is 28.5 Å². The minimum absolute atomic E-state index is 0.175. The number of carboxylic acids is 1. The molecule has 0 aliphatic carbocycles. The number of urea groups is 1. The SMILES string of the molecule is CC(CS(C)=O)NC(=O)N1CCc2cc(C(=O)O)ccc21. The Balaban J connectivity index is 2.10. The summed E-state index contributed by atoms with van der Waals surface area (Å²) in [5.41, 5.74) is 1.82. The average molecular weight is 310 g/mol. The predicted octanol–water partition coefficient (Wildman–Crippen LogP) is 1.22. The fraction of sp³-hybridized carbons (Fsp3) is 0.429. The highest BCUT2D eigenvalue weighted by atomic mass is 32.2. The number of nitrogens with one attached hydrogen (secondary N) is 1. The zero-order chi connectivity index (χ0) is 15.6. The molecule has 1 aliphatic rings. The molecule has 1 aliphatic heterocycles. The number of anilines is 1. The van der Waals surface area contributed by atoms with Crippen LogP contribution in [0.5, 0.6) is 0 Å². The lowest BCUT2D eigenvalue weighted by molar-refractivity contribution is 0.0697. The van der Waals surface area contributed by atoms with Crippen LogP contribution in [0.15, 0.2) is 18.2 Å². The first-order valence-electron chi connectivity index (χ1n) is 6.62. The molecule has 1 aromatic rings. The van der Waals surface area contributed by atoms with Gasteiger partial charge in [-0.05, 0) is 37.1 Å². The molecule has 0 radical (unpaired) electrons. The average Bonchev–Trinajstić information content (AvgIpc) is 2.80. The predicted molar refractivity (Wildman–Crippen MR) is 81.4 cm³/mol. The number of hydrogen-bond donors (Lipinski definition) is 2. The summed E-state index contributed by atoms with van der Waals surface area (Å²) in [6, 6.07) is 4.35. The van der Waals surface area contributed by atoms with Gasteiger partial charge in [0, 0.05) is 41.1 Å². The van der Waals surface area contributed by atoms with Gasteiger partial charge in [0.2, 0.25) is 0 Å². The van der Waals surface area contributed by atoms with Gasteiger partial charge in [-0.3, -0.25) is 9.11 Å². The second-order valence-electron chi connectivity index (χ2n) is 5.14. The Morgan fingerprint density at radius 2 is 2.19 bits per heavy atom. The first-order chi connectivity index (χ1) is 9.88. The summed E-state index contributed by atoms with van der Waals surface area (Å²) in [6.45, 7) is 2.33. The number of amides is 2. The van der Waals surface area contributed by atoms with Crippen LogP contribution < -0.4 is 10.2 Å². The van der Waals surface area contributed by atoms with Crippen molar-refractivity contribution < 1.29 is 18.9 Å². The first-order valence-corrected chi connectivity index (χ1v) is 8.35. The lowest BCUT2D eigenvalue weighted by Crippen LogP contribution is -2.45. The van der Waals surface area contributed by atoms with E-state index in [2.05, 4.69) is 5.32 Å². The molecule has 0 saturated heterocycles. The zero-order valence-electron chi connectivity index (χ0n) is 12.0. The van der Waals surface area contributed by atoms with Crippen molar-refractivity contribution in [3.8, 4) is 0 Å². The molecule has 1 aromatic carbocycles. The molecule has 2 unspecified atom stereocenters. The number of carbonyl (C=O) groups is 2. The smallest absolute Gasteiger partial charge is 0.335 e. The quantitative estimate of drug-likeness (QED) is 0.875. The van der Waals surface area contributed by atoms with Crippen LogP contribution in [0.25, 0.3) is 0 Å². The molecule has 114 valence electrons. The normalized spacial score (nSPS) is 16.2. The van der Waals surface area contributed by atoms with Crippen LogP contribution in [0.4, 0.5) is 10.5 Å². The summed E-state index contributed by atoms with van der Waals surface area (Å²) in [6.07, 6.45) is 2.24. The van der Waals surface area contributed by atoms with E-state index in [0.29, 0.717) is 18.7 Å². The largest absolute Gasteiger partial charge is 0.478 e. The van der Waals surface area contributed by atoms with Crippen LogP contribution in [-0.2, 0) is 17.2 Å². The van der Waals surface area contributed by atoms with Crippen molar-refractivity contribution in [2.45, 2.75) is 19.4 Å². The maximum absolute atomic E-state index is 12.2. The van der Waals surface area contributed by atoms with Crippen LogP contribution >= 0.6 is 0 Å². The Hall–Kier alpha value is -1.89. The summed E-state index contributed by atoms with van der Waals surface area (Å²) < 4.78 is 11.1. The number of nitrogens with zero attached hydrogens (tertiary/aromatic N) is 1. The molecule has 2 atom stereocenters. The number of carbonyl (C=O) groups excluding carboxylic acids is 1. The van der Waals surface area contributed by atoms with Gasteiger partial charge >= 0.3 is 12.0 Å². The molecule has 0 aromatic heterocycles. The molecular formula is C14H18N2O4S. The molecule has 0 saturated carbocycles. The van der Waals surface area contributed by atoms with E-state index in [9.17, 15) is 13.8 Å². The van der Waals surface area contributed by atoms with Gasteiger partial charge in [0.25, 0.3) is 0 Å². The van der Waals surface area contributed by atoms with Crippen LogP contribution in [0.2, 0.25) is 0 Å². The summed E-state index contributed by atoms with van der Waals surface area (Å²) >= 11 is 0. The van der Waals surface area contributed by atoms with Crippen molar-refractivity contribution in [2.24, 2.45) is 0 Å². The Kier molecular flexibility index (Phi) is 4.62. The zero-order valence-corrected chi connectivity index (χ0v) is 12.8. The van der Waals surface area contributed by atoms with Gasteiger partial charge in [-0.2, -0.15) is 0 Å². The van der Waals surface area contributed by atoms with Gasteiger partial charge in [0.05, 0.1) is 5.56 Å². The van der Waals surface area contributed by atoms with Crippen LogP contribution in [-0.4, -0.2) is 45.9 Å². The van der Waals surface area contributed by atoms with Crippen LogP contribution in [0, 0.1) is 0 Å². The molecule has 0 bridgehead atoms. The molecular weight excluding hydrogens is 292 g/mol. The first kappa shape index (κ1) is 15.5. The molecule has 0 fully saturated rings. The molecule has 1 heterocycles. The van der Waals surface area contributed by atoms with Gasteiger partial charge in [-0.25, -0.2) is 9.59 Å². The molecule has 0 spiro atoms. The van der Waals surface area contributed by atoms with Crippen molar-refractivity contribution in [1.29, 1.82) is 0 Å². The number of rotatable bonds is 4. The van der Waals surface area contributed by atoms with E-state index in [1.54, 1.807) is 23.3 Å². The fourth-order valence-corrected chi connectivity index (χ4v) is 3.22. The van der Waals surface area contributed by atoms with Gasteiger partial charge in [-0.15, -0.1) is 0 Å². The van der Waals surface area contributed by atoms with Gasteiger partial charge in [-0.1, -0.05) is 0 Å². The third kappa shape index (κ3) is 3.60. The molecule has 2 rings (SSSR count). The fourth-order valence-electron chi connectivity index (χ4n) is 2.43. The van der Waals surface area contributed by atoms with E-state index in [1.165, 1.54) is 6.07 Å². The highest BCUT2D eigenvalue weighted by Gasteiger charge is 2.26. The van der Waals surface area contributed by atoms with E-state index >= 15 is 0 Å². The van der Waals surface area contributed by atoms with E-state index < -0.39 is 16.8 Å². The summed E-state index contributed by atoms with van der Waals surface area (Å²) in [5, 5.41) is 11.8. The Bertz CT molecular complexity index is 603. The molecule has 2 N–H and O–H groups in total. The number of hydrogen-bond acceptors (Lipinski definition) is 3. The maximum Gasteiger partial charge on any atom is 0.335 e. The van der Waals surface area contributed by atoms with E-state index in [4.69, 9.17) is 5.11 Å². The standard InChI is InChI=1S/C14H18N2O4S/c1-9(8-21(2)20)15-14(19)16-6-5-10-7-11(13(17)18)3-4-12(10)16/h3-4,7,9H,5-6,8H2,1-2H3,(H,15,19)(H,17,18). The summed E-state index contributed by atoms with van der Waals surface area (Å²) in [5.74, 6) is -0.565. The van der Waals surface area contributed by atoms with E-state index in [-0.39, 0.29) is 17.6 Å². The number of carboxylic acid groups (broad SMARTS) is 1. The van der Waals surface area contributed by atoms with Gasteiger partial charge in [0.1, 0.15) is 0 Å². The van der Waals surface area contributed by atoms with Gasteiger partial charge in [0.15, 0.2) is 0 Å². The highest BCUT2D eigenvalue weighted by molar-refractivity contribution is 7.84. The van der Waals surface area contributed by atoms with E-state index in [0.717, 1.165) is 11.3 Å². The molecule has 6 nitrogen and oxygen atoms in total. The highest BCUT2D eigenvalue weighted by Crippen LogP contribution is 2.28. The Morgan fingerprint density at radius 1 is 1.48 bits per heavy atom. The topological polar surface area (TPSA) is 86.7 Å². The van der Waals surface area contributed by atoms with Gasteiger partial charge < -0.3 is 10.4 Å². The molecule has 7 heteroatoms. The van der Waals surface area contributed by atoms with Crippen LogP contribution in [0.3, 0.4) is 0 Å². The van der Waals surface area contributed by atoms with Crippen molar-refractivity contribution in [2.75, 3.05) is 23.5 Å².